The molecular weight excluding hydrogens is 544 g/mol. The van der Waals surface area contributed by atoms with Crippen molar-refractivity contribution in [3.05, 3.63) is 76.3 Å². The van der Waals surface area contributed by atoms with Gasteiger partial charge in [-0.15, -0.1) is 21.5 Å². The van der Waals surface area contributed by atoms with Crippen LogP contribution in [0.15, 0.2) is 54.2 Å². The van der Waals surface area contributed by atoms with Crippen LogP contribution in [0.3, 0.4) is 0 Å². The molecule has 1 aliphatic carbocycles. The number of hydrogen-bond donors (Lipinski definition) is 1. The molecule has 1 aromatic carbocycles. The molecule has 1 fully saturated rings. The number of anilines is 2. The molecular formula is C28H30F4N6OS. The Bertz CT molecular complexity index is 1440. The normalized spacial score (nSPS) is 19.9. The van der Waals surface area contributed by atoms with Crippen LogP contribution in [-0.4, -0.2) is 31.1 Å². The van der Waals surface area contributed by atoms with Gasteiger partial charge >= 0.3 is 6.18 Å². The SMILES string of the molecule is CC(C)(C)n1nccc1Nc1cccc(CC2(c3nncs3)CCC(Oc3cccc(C(F)(F)F)c3F)CC2)n1. The molecule has 212 valence electrons. The zero-order valence-corrected chi connectivity index (χ0v) is 23.2. The standard InChI is InChI=1S/C28H30F4N6OS/c1-26(2,3)38-23(12-15-34-38)36-22-9-4-6-18(35-22)16-27(25-37-33-17-40-25)13-10-19(11-14-27)39-21-8-5-7-20(24(21)29)28(30,31)32/h4-9,12,15,17,19H,10-11,13-14,16H2,1-3H3,(H,35,36). The van der Waals surface area contributed by atoms with E-state index < -0.39 is 23.7 Å². The molecule has 4 aromatic rings. The lowest BCUT2D eigenvalue weighted by molar-refractivity contribution is -0.140. The number of nitrogens with zero attached hydrogens (tertiary/aromatic N) is 5. The summed E-state index contributed by atoms with van der Waals surface area (Å²) in [6.45, 7) is 6.22. The molecule has 1 saturated carbocycles. The van der Waals surface area contributed by atoms with Gasteiger partial charge in [0.15, 0.2) is 11.6 Å². The van der Waals surface area contributed by atoms with Crippen LogP contribution in [0.2, 0.25) is 0 Å². The third-order valence-electron chi connectivity index (χ3n) is 7.13. The van der Waals surface area contributed by atoms with Crippen LogP contribution in [-0.2, 0) is 23.6 Å². The first kappa shape index (κ1) is 28.0. The molecule has 3 aromatic heterocycles. The second kappa shape index (κ2) is 10.8. The summed E-state index contributed by atoms with van der Waals surface area (Å²) in [5.41, 5.74) is 0.658. The van der Waals surface area contributed by atoms with Gasteiger partial charge in [-0.3, -0.25) is 0 Å². The quantitative estimate of drug-likeness (QED) is 0.234. The highest BCUT2D eigenvalue weighted by atomic mass is 32.1. The molecule has 0 radical (unpaired) electrons. The number of pyridine rings is 1. The van der Waals surface area contributed by atoms with Crippen molar-refractivity contribution in [2.75, 3.05) is 5.32 Å². The predicted octanol–water partition coefficient (Wildman–Crippen LogP) is 7.29. The van der Waals surface area contributed by atoms with Crippen LogP contribution >= 0.6 is 11.3 Å². The van der Waals surface area contributed by atoms with Crippen molar-refractivity contribution in [3.63, 3.8) is 0 Å². The second-order valence-electron chi connectivity index (χ2n) is 11.1. The maximum Gasteiger partial charge on any atom is 0.419 e. The minimum absolute atomic E-state index is 0.205. The molecule has 1 aliphatic rings. The van der Waals surface area contributed by atoms with E-state index in [1.165, 1.54) is 17.4 Å². The largest absolute Gasteiger partial charge is 0.487 e. The number of rotatable bonds is 7. The Kier molecular flexibility index (Phi) is 7.56. The Morgan fingerprint density at radius 1 is 1.07 bits per heavy atom. The van der Waals surface area contributed by atoms with Crippen molar-refractivity contribution >= 4 is 23.0 Å². The minimum atomic E-state index is -4.79. The van der Waals surface area contributed by atoms with Gasteiger partial charge in [0, 0.05) is 23.6 Å². The molecule has 3 heterocycles. The van der Waals surface area contributed by atoms with Crippen LogP contribution in [0.4, 0.5) is 29.2 Å². The van der Waals surface area contributed by atoms with E-state index in [-0.39, 0.29) is 16.7 Å². The Morgan fingerprint density at radius 3 is 2.50 bits per heavy atom. The van der Waals surface area contributed by atoms with E-state index in [2.05, 4.69) is 41.4 Å². The zero-order chi connectivity index (χ0) is 28.5. The Hall–Kier alpha value is -3.54. The van der Waals surface area contributed by atoms with Crippen molar-refractivity contribution < 1.29 is 22.3 Å². The molecule has 0 atom stereocenters. The summed E-state index contributed by atoms with van der Waals surface area (Å²) in [6.07, 6.45) is -0.527. The van der Waals surface area contributed by atoms with Crippen LogP contribution in [0.5, 0.6) is 5.75 Å². The van der Waals surface area contributed by atoms with Crippen molar-refractivity contribution in [1.82, 2.24) is 25.0 Å². The van der Waals surface area contributed by atoms with Crippen molar-refractivity contribution in [2.45, 2.75) is 76.1 Å². The number of alkyl halides is 3. The lowest BCUT2D eigenvalue weighted by atomic mass is 9.70. The van der Waals surface area contributed by atoms with Gasteiger partial charge in [-0.1, -0.05) is 12.1 Å². The van der Waals surface area contributed by atoms with E-state index in [0.717, 1.165) is 28.7 Å². The van der Waals surface area contributed by atoms with Gasteiger partial charge in [0.25, 0.3) is 0 Å². The molecule has 0 amide bonds. The van der Waals surface area contributed by atoms with E-state index in [4.69, 9.17) is 9.72 Å². The van der Waals surface area contributed by atoms with E-state index >= 15 is 0 Å². The third-order valence-corrected chi connectivity index (χ3v) is 8.06. The molecule has 0 bridgehead atoms. The first-order chi connectivity index (χ1) is 18.9. The molecule has 0 unspecified atom stereocenters. The first-order valence-corrected chi connectivity index (χ1v) is 13.9. The Morgan fingerprint density at radius 2 is 1.82 bits per heavy atom. The summed E-state index contributed by atoms with van der Waals surface area (Å²) in [6, 6.07) is 10.8. The van der Waals surface area contributed by atoms with E-state index in [1.807, 2.05) is 28.9 Å². The predicted molar refractivity (Wildman–Crippen MR) is 144 cm³/mol. The molecule has 7 nitrogen and oxygen atoms in total. The fourth-order valence-corrected chi connectivity index (χ4v) is 6.01. The molecule has 0 spiro atoms. The summed E-state index contributed by atoms with van der Waals surface area (Å²) >= 11 is 1.47. The van der Waals surface area contributed by atoms with Gasteiger partial charge < -0.3 is 10.1 Å². The van der Waals surface area contributed by atoms with Crippen LogP contribution in [0.25, 0.3) is 0 Å². The molecule has 5 rings (SSSR count). The lowest BCUT2D eigenvalue weighted by Crippen LogP contribution is -2.38. The monoisotopic (exact) mass is 574 g/mol. The number of ether oxygens (including phenoxy) is 1. The van der Waals surface area contributed by atoms with Crippen LogP contribution in [0, 0.1) is 5.82 Å². The van der Waals surface area contributed by atoms with Gasteiger partial charge in [-0.2, -0.15) is 18.3 Å². The number of hydrogen-bond acceptors (Lipinski definition) is 7. The van der Waals surface area contributed by atoms with E-state index in [1.54, 1.807) is 11.7 Å². The summed E-state index contributed by atoms with van der Waals surface area (Å²) in [7, 11) is 0. The highest BCUT2D eigenvalue weighted by Gasteiger charge is 2.41. The van der Waals surface area contributed by atoms with Crippen LogP contribution in [0.1, 0.15) is 62.7 Å². The van der Waals surface area contributed by atoms with Gasteiger partial charge in [0.05, 0.1) is 23.4 Å². The van der Waals surface area contributed by atoms with Crippen molar-refractivity contribution in [1.29, 1.82) is 0 Å². The highest BCUT2D eigenvalue weighted by molar-refractivity contribution is 7.09. The second-order valence-corrected chi connectivity index (χ2v) is 11.9. The maximum absolute atomic E-state index is 14.6. The average Bonchev–Trinajstić information content (AvgIpc) is 3.59. The summed E-state index contributed by atoms with van der Waals surface area (Å²) in [4.78, 5) is 4.87. The fourth-order valence-electron chi connectivity index (χ4n) is 5.19. The number of benzene rings is 1. The third kappa shape index (κ3) is 5.96. The summed E-state index contributed by atoms with van der Waals surface area (Å²) in [5, 5.41) is 17.1. The van der Waals surface area contributed by atoms with Crippen LogP contribution < -0.4 is 10.1 Å². The topological polar surface area (TPSA) is 77.8 Å². The lowest BCUT2D eigenvalue weighted by Gasteiger charge is -2.38. The summed E-state index contributed by atoms with van der Waals surface area (Å²) < 4.78 is 61.7. The van der Waals surface area contributed by atoms with Gasteiger partial charge in [0.2, 0.25) is 0 Å². The molecule has 0 saturated heterocycles. The maximum atomic E-state index is 14.6. The highest BCUT2D eigenvalue weighted by Crippen LogP contribution is 2.44. The smallest absolute Gasteiger partial charge is 0.419 e. The van der Waals surface area contributed by atoms with Crippen molar-refractivity contribution in [3.8, 4) is 5.75 Å². The molecule has 1 N–H and O–H groups in total. The summed E-state index contributed by atoms with van der Waals surface area (Å²) in [5.74, 6) is -0.237. The number of aromatic nitrogens is 5. The first-order valence-electron chi connectivity index (χ1n) is 13.0. The molecule has 0 aliphatic heterocycles. The average molecular weight is 575 g/mol. The van der Waals surface area contributed by atoms with Gasteiger partial charge in [-0.05, 0) is 70.7 Å². The van der Waals surface area contributed by atoms with E-state index in [0.29, 0.717) is 37.9 Å². The fraction of sp³-hybridized carbons (Fsp3) is 0.429. The number of halogens is 4. The Labute approximate surface area is 233 Å². The van der Waals surface area contributed by atoms with E-state index in [9.17, 15) is 17.6 Å². The minimum Gasteiger partial charge on any atom is -0.487 e. The Balaban J connectivity index is 1.33. The zero-order valence-electron chi connectivity index (χ0n) is 22.4. The van der Waals surface area contributed by atoms with Gasteiger partial charge in [0.1, 0.15) is 22.2 Å². The molecule has 40 heavy (non-hydrogen) atoms. The molecule has 12 heteroatoms. The number of nitrogens with one attached hydrogen (secondary N) is 1. The van der Waals surface area contributed by atoms with Gasteiger partial charge in [-0.25, -0.2) is 14.1 Å². The van der Waals surface area contributed by atoms with Crippen molar-refractivity contribution in [2.24, 2.45) is 0 Å².